The molecule has 10 heteroatoms. The molecule has 0 spiro atoms. The smallest absolute Gasteiger partial charge is 0.261 e. The number of methoxy groups -OCH3 is 1. The lowest BCUT2D eigenvalue weighted by Crippen LogP contribution is -2.32. The van der Waals surface area contributed by atoms with Gasteiger partial charge in [0.1, 0.15) is 17.1 Å². The van der Waals surface area contributed by atoms with Gasteiger partial charge in [-0.05, 0) is 73.5 Å². The molecule has 2 N–H and O–H groups in total. The first-order chi connectivity index (χ1) is 16.4. The zero-order chi connectivity index (χ0) is 24.0. The van der Waals surface area contributed by atoms with Crippen molar-refractivity contribution in [2.24, 2.45) is 0 Å². The van der Waals surface area contributed by atoms with Crippen LogP contribution >= 0.6 is 0 Å². The summed E-state index contributed by atoms with van der Waals surface area (Å²) >= 11 is 0. The fourth-order valence-electron chi connectivity index (χ4n) is 3.42. The second kappa shape index (κ2) is 10.5. The Kier molecular flexibility index (Phi) is 7.29. The SMILES string of the molecule is COc1ccc(S(=O)(=O)Nc2ccc(Oc3ncccc3C(=O)NC[C@@H]3CCCO3)cc2)cc1. The van der Waals surface area contributed by atoms with Crippen molar-refractivity contribution in [2.45, 2.75) is 23.8 Å². The number of hydrogen-bond donors (Lipinski definition) is 2. The molecule has 0 bridgehead atoms. The summed E-state index contributed by atoms with van der Waals surface area (Å²) in [7, 11) is -2.25. The molecule has 3 aromatic rings. The number of pyridine rings is 1. The van der Waals surface area contributed by atoms with Crippen LogP contribution in [-0.2, 0) is 14.8 Å². The first kappa shape index (κ1) is 23.5. The van der Waals surface area contributed by atoms with Crippen LogP contribution in [0.25, 0.3) is 0 Å². The Hall–Kier alpha value is -3.63. The molecule has 0 saturated carbocycles. The number of hydrogen-bond acceptors (Lipinski definition) is 7. The number of anilines is 1. The van der Waals surface area contributed by atoms with Crippen LogP contribution in [0.2, 0.25) is 0 Å². The highest BCUT2D eigenvalue weighted by atomic mass is 32.2. The minimum atomic E-state index is -3.76. The van der Waals surface area contributed by atoms with E-state index in [0.29, 0.717) is 35.9 Å². The van der Waals surface area contributed by atoms with Crippen LogP contribution in [-0.4, -0.2) is 45.7 Å². The zero-order valence-corrected chi connectivity index (χ0v) is 19.4. The Morgan fingerprint density at radius 3 is 2.50 bits per heavy atom. The molecule has 1 saturated heterocycles. The van der Waals surface area contributed by atoms with Gasteiger partial charge in [-0.1, -0.05) is 0 Å². The molecule has 1 fully saturated rings. The fraction of sp³-hybridized carbons (Fsp3) is 0.250. The summed E-state index contributed by atoms with van der Waals surface area (Å²) in [5.41, 5.74) is 0.656. The maximum absolute atomic E-state index is 12.6. The fourth-order valence-corrected chi connectivity index (χ4v) is 4.48. The Morgan fingerprint density at radius 2 is 1.82 bits per heavy atom. The van der Waals surface area contributed by atoms with Crippen molar-refractivity contribution in [2.75, 3.05) is 25.0 Å². The summed E-state index contributed by atoms with van der Waals surface area (Å²) in [5, 5.41) is 2.86. The molecule has 0 aliphatic carbocycles. The topological polar surface area (TPSA) is 116 Å². The van der Waals surface area contributed by atoms with Gasteiger partial charge < -0.3 is 19.5 Å². The van der Waals surface area contributed by atoms with Gasteiger partial charge >= 0.3 is 0 Å². The lowest BCUT2D eigenvalue weighted by Gasteiger charge is -2.13. The predicted octanol–water partition coefficient (Wildman–Crippen LogP) is 3.59. The van der Waals surface area contributed by atoms with Crippen LogP contribution in [0.15, 0.2) is 71.8 Å². The van der Waals surface area contributed by atoms with Crippen molar-refractivity contribution < 1.29 is 27.4 Å². The highest BCUT2D eigenvalue weighted by Crippen LogP contribution is 2.26. The van der Waals surface area contributed by atoms with E-state index in [-0.39, 0.29) is 22.8 Å². The third-order valence-corrected chi connectivity index (χ3v) is 6.62. The van der Waals surface area contributed by atoms with Crippen LogP contribution in [0.3, 0.4) is 0 Å². The molecule has 4 rings (SSSR count). The Bertz CT molecular complexity index is 1220. The van der Waals surface area contributed by atoms with Crippen molar-refractivity contribution in [1.82, 2.24) is 10.3 Å². The second-order valence-electron chi connectivity index (χ2n) is 7.61. The molecular weight excluding hydrogens is 458 g/mol. The van der Waals surface area contributed by atoms with Gasteiger partial charge in [-0.3, -0.25) is 9.52 Å². The Morgan fingerprint density at radius 1 is 1.09 bits per heavy atom. The number of sulfonamides is 1. The molecular formula is C24H25N3O6S. The van der Waals surface area contributed by atoms with Crippen molar-refractivity contribution in [3.8, 4) is 17.4 Å². The van der Waals surface area contributed by atoms with Crippen molar-refractivity contribution >= 4 is 21.6 Å². The van der Waals surface area contributed by atoms with E-state index in [2.05, 4.69) is 15.0 Å². The molecule has 1 aliphatic heterocycles. The van der Waals surface area contributed by atoms with Gasteiger partial charge in [0.25, 0.3) is 15.9 Å². The van der Waals surface area contributed by atoms with Gasteiger partial charge in [-0.2, -0.15) is 0 Å². The third-order valence-electron chi connectivity index (χ3n) is 5.22. The number of carbonyl (C=O) groups is 1. The second-order valence-corrected chi connectivity index (χ2v) is 9.29. The third kappa shape index (κ3) is 5.83. The number of amides is 1. The van der Waals surface area contributed by atoms with E-state index in [4.69, 9.17) is 14.2 Å². The summed E-state index contributed by atoms with van der Waals surface area (Å²) < 4.78 is 44.1. The highest BCUT2D eigenvalue weighted by Gasteiger charge is 2.19. The standard InChI is InChI=1S/C24H25N3O6S/c1-31-18-10-12-21(13-11-18)34(29,30)27-17-6-8-19(9-7-17)33-24-22(5-2-14-25-24)23(28)26-16-20-4-3-15-32-20/h2,5-14,20,27H,3-4,15-16H2,1H3,(H,26,28)/t20-/m0/s1. The quantitative estimate of drug-likeness (QED) is 0.478. The Balaban J connectivity index is 1.41. The van der Waals surface area contributed by atoms with Gasteiger partial charge in [0.15, 0.2) is 0 Å². The first-order valence-electron chi connectivity index (χ1n) is 10.7. The van der Waals surface area contributed by atoms with E-state index >= 15 is 0 Å². The minimum Gasteiger partial charge on any atom is -0.497 e. The van der Waals surface area contributed by atoms with E-state index in [9.17, 15) is 13.2 Å². The molecule has 2 aromatic carbocycles. The normalized spacial score (nSPS) is 15.5. The van der Waals surface area contributed by atoms with Crippen molar-refractivity contribution in [3.05, 3.63) is 72.4 Å². The summed E-state index contributed by atoms with van der Waals surface area (Å²) in [6, 6.07) is 15.7. The maximum Gasteiger partial charge on any atom is 0.261 e. The van der Waals surface area contributed by atoms with Crippen LogP contribution in [0.5, 0.6) is 17.4 Å². The largest absolute Gasteiger partial charge is 0.497 e. The number of aromatic nitrogens is 1. The number of carbonyl (C=O) groups excluding carboxylic acids is 1. The van der Waals surface area contributed by atoms with E-state index < -0.39 is 10.0 Å². The van der Waals surface area contributed by atoms with E-state index in [1.807, 2.05) is 0 Å². The molecule has 0 radical (unpaired) electrons. The molecule has 2 heterocycles. The highest BCUT2D eigenvalue weighted by molar-refractivity contribution is 7.92. The minimum absolute atomic E-state index is 0.0271. The predicted molar refractivity (Wildman–Crippen MR) is 126 cm³/mol. The molecule has 1 aliphatic rings. The maximum atomic E-state index is 12.6. The van der Waals surface area contributed by atoms with Crippen LogP contribution < -0.4 is 19.5 Å². The number of nitrogens with one attached hydrogen (secondary N) is 2. The number of ether oxygens (including phenoxy) is 3. The lowest BCUT2D eigenvalue weighted by molar-refractivity contribution is 0.0855. The molecule has 1 aromatic heterocycles. The Labute approximate surface area is 198 Å². The molecule has 9 nitrogen and oxygen atoms in total. The van der Waals surface area contributed by atoms with E-state index in [1.54, 1.807) is 48.5 Å². The van der Waals surface area contributed by atoms with Gasteiger partial charge in [-0.15, -0.1) is 0 Å². The summed E-state index contributed by atoms with van der Waals surface area (Å²) in [4.78, 5) is 16.9. The molecule has 0 unspecified atom stereocenters. The molecule has 1 atom stereocenters. The first-order valence-corrected chi connectivity index (χ1v) is 12.2. The number of benzene rings is 2. The van der Waals surface area contributed by atoms with Gasteiger partial charge in [0.05, 0.1) is 18.1 Å². The number of rotatable bonds is 9. The lowest BCUT2D eigenvalue weighted by atomic mass is 10.2. The zero-order valence-electron chi connectivity index (χ0n) is 18.6. The van der Waals surface area contributed by atoms with Gasteiger partial charge in [-0.25, -0.2) is 13.4 Å². The summed E-state index contributed by atoms with van der Waals surface area (Å²) in [6.45, 7) is 1.14. The van der Waals surface area contributed by atoms with E-state index in [1.165, 1.54) is 25.4 Å². The summed E-state index contributed by atoms with van der Waals surface area (Å²) in [6.07, 6.45) is 3.47. The van der Waals surface area contributed by atoms with Crippen molar-refractivity contribution in [3.63, 3.8) is 0 Å². The molecule has 1 amide bonds. The summed E-state index contributed by atoms with van der Waals surface area (Å²) in [5.74, 6) is 0.815. The van der Waals surface area contributed by atoms with Gasteiger partial charge in [0.2, 0.25) is 5.88 Å². The molecule has 178 valence electrons. The van der Waals surface area contributed by atoms with Crippen molar-refractivity contribution in [1.29, 1.82) is 0 Å². The van der Waals surface area contributed by atoms with Crippen LogP contribution in [0.4, 0.5) is 5.69 Å². The number of nitrogens with zero attached hydrogens (tertiary/aromatic N) is 1. The monoisotopic (exact) mass is 483 g/mol. The van der Waals surface area contributed by atoms with Crippen LogP contribution in [0.1, 0.15) is 23.2 Å². The van der Waals surface area contributed by atoms with E-state index in [0.717, 1.165) is 12.8 Å². The average Bonchev–Trinajstić information content (AvgIpc) is 3.38. The van der Waals surface area contributed by atoms with Crippen LogP contribution in [0, 0.1) is 0 Å². The van der Waals surface area contributed by atoms with Gasteiger partial charge in [0, 0.05) is 25.0 Å². The average molecular weight is 484 g/mol. The molecule has 34 heavy (non-hydrogen) atoms.